The summed E-state index contributed by atoms with van der Waals surface area (Å²) in [6, 6.07) is 7.89. The number of amides is 1. The van der Waals surface area contributed by atoms with Crippen LogP contribution in [0.4, 0.5) is 0 Å². The van der Waals surface area contributed by atoms with Crippen molar-refractivity contribution < 1.29 is 4.79 Å². The molecule has 1 amide bonds. The molecule has 0 aliphatic carbocycles. The van der Waals surface area contributed by atoms with Gasteiger partial charge in [0.2, 0.25) is 0 Å². The number of carbonyl (C=O) groups excluding carboxylic acids is 1. The van der Waals surface area contributed by atoms with Crippen LogP contribution in [0.5, 0.6) is 0 Å². The highest BCUT2D eigenvalue weighted by Gasteiger charge is 2.19. The fourth-order valence-corrected chi connectivity index (χ4v) is 2.63. The number of nitrogens with two attached hydrogens (primary N) is 1. The summed E-state index contributed by atoms with van der Waals surface area (Å²) in [7, 11) is 0. The van der Waals surface area contributed by atoms with Crippen molar-refractivity contribution in [2.75, 3.05) is 19.6 Å². The van der Waals surface area contributed by atoms with Crippen LogP contribution in [-0.4, -0.2) is 30.4 Å². The van der Waals surface area contributed by atoms with Gasteiger partial charge in [0.25, 0.3) is 5.91 Å². The van der Waals surface area contributed by atoms with Crippen LogP contribution < -0.4 is 5.73 Å². The van der Waals surface area contributed by atoms with Crippen LogP contribution in [0.1, 0.15) is 42.1 Å². The van der Waals surface area contributed by atoms with Crippen molar-refractivity contribution in [3.63, 3.8) is 0 Å². The average molecular weight is 260 g/mol. The van der Waals surface area contributed by atoms with E-state index in [2.05, 4.69) is 6.92 Å². The summed E-state index contributed by atoms with van der Waals surface area (Å²) in [5.74, 6) is 0.915. The van der Waals surface area contributed by atoms with Crippen LogP contribution in [-0.2, 0) is 6.42 Å². The number of rotatable bonds is 3. The van der Waals surface area contributed by atoms with Gasteiger partial charge in [-0.15, -0.1) is 0 Å². The third kappa shape index (κ3) is 3.80. The van der Waals surface area contributed by atoms with E-state index in [1.807, 2.05) is 29.2 Å². The molecule has 1 unspecified atom stereocenters. The van der Waals surface area contributed by atoms with Crippen LogP contribution in [0, 0.1) is 5.92 Å². The zero-order valence-corrected chi connectivity index (χ0v) is 11.8. The standard InChI is InChI=1S/C16H24N2O/c1-13-3-2-11-18(12-9-13)16(19)15-6-4-14(5-7-15)8-10-17/h4-7,13H,2-3,8-12,17H2,1H3. The molecule has 1 aliphatic rings. The molecule has 2 rings (SSSR count). The summed E-state index contributed by atoms with van der Waals surface area (Å²) in [5.41, 5.74) is 7.53. The lowest BCUT2D eigenvalue weighted by Crippen LogP contribution is -2.31. The summed E-state index contributed by atoms with van der Waals surface area (Å²) in [6.45, 7) is 4.71. The quantitative estimate of drug-likeness (QED) is 0.907. The number of nitrogens with zero attached hydrogens (tertiary/aromatic N) is 1. The number of hydrogen-bond acceptors (Lipinski definition) is 2. The number of hydrogen-bond donors (Lipinski definition) is 1. The smallest absolute Gasteiger partial charge is 0.253 e. The minimum atomic E-state index is 0.174. The molecule has 3 nitrogen and oxygen atoms in total. The van der Waals surface area contributed by atoms with Gasteiger partial charge in [0.05, 0.1) is 0 Å². The maximum absolute atomic E-state index is 12.4. The van der Waals surface area contributed by atoms with Gasteiger partial charge in [-0.2, -0.15) is 0 Å². The van der Waals surface area contributed by atoms with Crippen LogP contribution in [0.3, 0.4) is 0 Å². The van der Waals surface area contributed by atoms with Gasteiger partial charge in [-0.3, -0.25) is 4.79 Å². The van der Waals surface area contributed by atoms with Gasteiger partial charge in [-0.1, -0.05) is 19.1 Å². The van der Waals surface area contributed by atoms with E-state index in [-0.39, 0.29) is 5.91 Å². The molecule has 1 fully saturated rings. The molecule has 0 radical (unpaired) electrons. The predicted molar refractivity (Wildman–Crippen MR) is 78.1 cm³/mol. The van der Waals surface area contributed by atoms with E-state index >= 15 is 0 Å². The Morgan fingerprint density at radius 1 is 1.26 bits per heavy atom. The molecule has 1 aromatic carbocycles. The Kier molecular flexibility index (Phi) is 4.97. The number of carbonyl (C=O) groups is 1. The van der Waals surface area contributed by atoms with Crippen molar-refractivity contribution in [1.29, 1.82) is 0 Å². The van der Waals surface area contributed by atoms with E-state index in [0.29, 0.717) is 6.54 Å². The maximum atomic E-state index is 12.4. The molecule has 3 heteroatoms. The topological polar surface area (TPSA) is 46.3 Å². The Morgan fingerprint density at radius 3 is 2.68 bits per heavy atom. The highest BCUT2D eigenvalue weighted by Crippen LogP contribution is 2.18. The van der Waals surface area contributed by atoms with Crippen LogP contribution in [0.25, 0.3) is 0 Å². The lowest BCUT2D eigenvalue weighted by atomic mass is 10.0. The third-order valence-electron chi connectivity index (χ3n) is 3.94. The monoisotopic (exact) mass is 260 g/mol. The second kappa shape index (κ2) is 6.71. The molecular weight excluding hydrogens is 236 g/mol. The van der Waals surface area contributed by atoms with Crippen molar-refractivity contribution in [3.8, 4) is 0 Å². The van der Waals surface area contributed by atoms with E-state index < -0.39 is 0 Å². The van der Waals surface area contributed by atoms with Gasteiger partial charge >= 0.3 is 0 Å². The van der Waals surface area contributed by atoms with E-state index in [9.17, 15) is 4.79 Å². The Balaban J connectivity index is 2.02. The van der Waals surface area contributed by atoms with Gasteiger partial charge in [-0.05, 0) is 55.8 Å². The Hall–Kier alpha value is -1.35. The lowest BCUT2D eigenvalue weighted by Gasteiger charge is -2.20. The summed E-state index contributed by atoms with van der Waals surface area (Å²) in [5, 5.41) is 0. The van der Waals surface area contributed by atoms with E-state index in [4.69, 9.17) is 5.73 Å². The summed E-state index contributed by atoms with van der Waals surface area (Å²) in [4.78, 5) is 14.4. The van der Waals surface area contributed by atoms with E-state index in [1.165, 1.54) is 12.0 Å². The molecule has 104 valence electrons. The van der Waals surface area contributed by atoms with Gasteiger partial charge in [0.15, 0.2) is 0 Å². The van der Waals surface area contributed by atoms with E-state index in [0.717, 1.165) is 43.8 Å². The van der Waals surface area contributed by atoms with Crippen molar-refractivity contribution >= 4 is 5.91 Å². The number of likely N-dealkylation sites (tertiary alicyclic amines) is 1. The predicted octanol–water partition coefficient (Wildman–Crippen LogP) is 2.45. The molecule has 1 aromatic rings. The summed E-state index contributed by atoms with van der Waals surface area (Å²) < 4.78 is 0. The van der Waals surface area contributed by atoms with Crippen molar-refractivity contribution in [2.24, 2.45) is 11.7 Å². The molecule has 0 bridgehead atoms. The minimum absolute atomic E-state index is 0.174. The molecule has 1 aliphatic heterocycles. The van der Waals surface area contributed by atoms with Crippen molar-refractivity contribution in [3.05, 3.63) is 35.4 Å². The fourth-order valence-electron chi connectivity index (χ4n) is 2.63. The Labute approximate surface area is 115 Å². The largest absolute Gasteiger partial charge is 0.339 e. The van der Waals surface area contributed by atoms with Crippen LogP contribution in [0.15, 0.2) is 24.3 Å². The molecule has 1 atom stereocenters. The Morgan fingerprint density at radius 2 is 2.00 bits per heavy atom. The SMILES string of the molecule is CC1CCCN(C(=O)c2ccc(CCN)cc2)CC1. The van der Waals surface area contributed by atoms with Crippen molar-refractivity contribution in [2.45, 2.75) is 32.6 Å². The molecular formula is C16H24N2O. The van der Waals surface area contributed by atoms with Gasteiger partial charge in [0, 0.05) is 18.7 Å². The molecule has 0 spiro atoms. The first-order chi connectivity index (χ1) is 9.20. The van der Waals surface area contributed by atoms with Crippen LogP contribution >= 0.6 is 0 Å². The summed E-state index contributed by atoms with van der Waals surface area (Å²) in [6.07, 6.45) is 4.35. The second-order valence-corrected chi connectivity index (χ2v) is 5.56. The first-order valence-electron chi connectivity index (χ1n) is 7.29. The van der Waals surface area contributed by atoms with Gasteiger partial charge in [0.1, 0.15) is 0 Å². The Bertz CT molecular complexity index is 413. The zero-order valence-electron chi connectivity index (χ0n) is 11.8. The third-order valence-corrected chi connectivity index (χ3v) is 3.94. The molecule has 1 saturated heterocycles. The molecule has 1 heterocycles. The molecule has 2 N–H and O–H groups in total. The fraction of sp³-hybridized carbons (Fsp3) is 0.562. The zero-order chi connectivity index (χ0) is 13.7. The maximum Gasteiger partial charge on any atom is 0.253 e. The molecule has 0 aromatic heterocycles. The lowest BCUT2D eigenvalue weighted by molar-refractivity contribution is 0.0760. The first-order valence-corrected chi connectivity index (χ1v) is 7.29. The minimum Gasteiger partial charge on any atom is -0.339 e. The number of benzene rings is 1. The van der Waals surface area contributed by atoms with E-state index in [1.54, 1.807) is 0 Å². The second-order valence-electron chi connectivity index (χ2n) is 5.56. The summed E-state index contributed by atoms with van der Waals surface area (Å²) >= 11 is 0. The molecule has 0 saturated carbocycles. The first kappa shape index (κ1) is 14.1. The van der Waals surface area contributed by atoms with Gasteiger partial charge < -0.3 is 10.6 Å². The van der Waals surface area contributed by atoms with Crippen LogP contribution in [0.2, 0.25) is 0 Å². The highest BCUT2D eigenvalue weighted by atomic mass is 16.2. The normalized spacial score (nSPS) is 20.1. The van der Waals surface area contributed by atoms with Gasteiger partial charge in [-0.25, -0.2) is 0 Å². The molecule has 19 heavy (non-hydrogen) atoms. The average Bonchev–Trinajstić information content (AvgIpc) is 2.64. The van der Waals surface area contributed by atoms with Crippen molar-refractivity contribution in [1.82, 2.24) is 4.90 Å². The highest BCUT2D eigenvalue weighted by molar-refractivity contribution is 5.94.